The zero-order valence-electron chi connectivity index (χ0n) is 12.8. The molecule has 2 atom stereocenters. The van der Waals surface area contributed by atoms with Crippen LogP contribution in [0.2, 0.25) is 0 Å². The van der Waals surface area contributed by atoms with Gasteiger partial charge in [-0.05, 0) is 44.9 Å². The monoisotopic (exact) mass is 285 g/mol. The van der Waals surface area contributed by atoms with Crippen LogP contribution in [0.3, 0.4) is 0 Å². The Kier molecular flexibility index (Phi) is 5.35. The van der Waals surface area contributed by atoms with Crippen molar-refractivity contribution >= 4 is 5.91 Å². The number of nitrogens with one attached hydrogen (secondary N) is 1. The lowest BCUT2D eigenvalue weighted by molar-refractivity contribution is -0.137. The molecule has 4 heteroatoms. The number of benzene rings is 1. The molecule has 1 amide bonds. The molecule has 2 rings (SSSR count). The molecule has 2 unspecified atom stereocenters. The van der Waals surface area contributed by atoms with E-state index in [0.29, 0.717) is 24.7 Å². The minimum atomic E-state index is 0.107. The fraction of sp³-hybridized carbons (Fsp3) is 0.529. The van der Waals surface area contributed by atoms with E-state index in [2.05, 4.69) is 18.3 Å². The third-order valence-corrected chi connectivity index (χ3v) is 4.17. The fourth-order valence-corrected chi connectivity index (χ4v) is 2.93. The number of piperidine rings is 1. The molecular formula is C17H23N3O. The molecule has 0 spiro atoms. The lowest BCUT2D eigenvalue weighted by atomic mass is 9.91. The Labute approximate surface area is 126 Å². The van der Waals surface area contributed by atoms with E-state index in [1.165, 1.54) is 0 Å². The van der Waals surface area contributed by atoms with Gasteiger partial charge in [0.15, 0.2) is 0 Å². The van der Waals surface area contributed by atoms with Crippen molar-refractivity contribution in [3.05, 3.63) is 35.4 Å². The van der Waals surface area contributed by atoms with Crippen molar-refractivity contribution in [1.29, 1.82) is 5.26 Å². The van der Waals surface area contributed by atoms with Crippen molar-refractivity contribution in [3.63, 3.8) is 0 Å². The number of rotatable bonds is 4. The SMILES string of the molecule is CCN(Cc1ccccc1C#N)C(=O)C1CCNC(C)C1. The largest absolute Gasteiger partial charge is 0.338 e. The number of hydrogen-bond acceptors (Lipinski definition) is 3. The normalized spacial score (nSPS) is 21.6. The summed E-state index contributed by atoms with van der Waals surface area (Å²) < 4.78 is 0. The van der Waals surface area contributed by atoms with E-state index < -0.39 is 0 Å². The molecule has 1 saturated heterocycles. The highest BCUT2D eigenvalue weighted by Gasteiger charge is 2.28. The predicted octanol–water partition coefficient (Wildman–Crippen LogP) is 2.29. The van der Waals surface area contributed by atoms with Gasteiger partial charge < -0.3 is 10.2 Å². The highest BCUT2D eigenvalue weighted by atomic mass is 16.2. The lowest BCUT2D eigenvalue weighted by Crippen LogP contribution is -2.44. The van der Waals surface area contributed by atoms with E-state index in [0.717, 1.165) is 24.9 Å². The number of nitrogens with zero attached hydrogens (tertiary/aromatic N) is 2. The second-order valence-electron chi connectivity index (χ2n) is 5.70. The maximum atomic E-state index is 12.7. The molecule has 4 nitrogen and oxygen atoms in total. The van der Waals surface area contributed by atoms with E-state index in [1.807, 2.05) is 30.0 Å². The number of hydrogen-bond donors (Lipinski definition) is 1. The first-order chi connectivity index (χ1) is 10.2. The summed E-state index contributed by atoms with van der Waals surface area (Å²) in [5.41, 5.74) is 1.58. The first-order valence-electron chi connectivity index (χ1n) is 7.65. The van der Waals surface area contributed by atoms with Gasteiger partial charge in [0.2, 0.25) is 5.91 Å². The molecule has 1 heterocycles. The molecule has 112 valence electrons. The van der Waals surface area contributed by atoms with Crippen LogP contribution in [0.4, 0.5) is 0 Å². The average molecular weight is 285 g/mol. The summed E-state index contributed by atoms with van der Waals surface area (Å²) in [6, 6.07) is 10.1. The first kappa shape index (κ1) is 15.5. The van der Waals surface area contributed by atoms with Gasteiger partial charge in [-0.15, -0.1) is 0 Å². The molecule has 0 saturated carbocycles. The predicted molar refractivity (Wildman–Crippen MR) is 82.4 cm³/mol. The Morgan fingerprint density at radius 3 is 2.90 bits per heavy atom. The summed E-state index contributed by atoms with van der Waals surface area (Å²) in [5, 5.41) is 12.5. The van der Waals surface area contributed by atoms with Gasteiger partial charge in [0.1, 0.15) is 0 Å². The van der Waals surface area contributed by atoms with E-state index in [-0.39, 0.29) is 11.8 Å². The van der Waals surface area contributed by atoms with Crippen molar-refractivity contribution in [2.75, 3.05) is 13.1 Å². The maximum Gasteiger partial charge on any atom is 0.226 e. The summed E-state index contributed by atoms with van der Waals surface area (Å²) in [5.74, 6) is 0.328. The summed E-state index contributed by atoms with van der Waals surface area (Å²) in [6.45, 7) is 6.23. The van der Waals surface area contributed by atoms with Gasteiger partial charge >= 0.3 is 0 Å². The van der Waals surface area contributed by atoms with Gasteiger partial charge in [-0.3, -0.25) is 4.79 Å². The molecule has 0 bridgehead atoms. The third kappa shape index (κ3) is 3.83. The molecule has 21 heavy (non-hydrogen) atoms. The molecule has 1 N–H and O–H groups in total. The van der Waals surface area contributed by atoms with E-state index in [4.69, 9.17) is 5.26 Å². The van der Waals surface area contributed by atoms with Crippen molar-refractivity contribution < 1.29 is 4.79 Å². The highest BCUT2D eigenvalue weighted by molar-refractivity contribution is 5.79. The van der Waals surface area contributed by atoms with Crippen LogP contribution in [0.25, 0.3) is 0 Å². The van der Waals surface area contributed by atoms with Crippen LogP contribution in [0, 0.1) is 17.2 Å². The summed E-state index contributed by atoms with van der Waals surface area (Å²) in [4.78, 5) is 14.6. The third-order valence-electron chi connectivity index (χ3n) is 4.17. The minimum absolute atomic E-state index is 0.107. The Hall–Kier alpha value is -1.86. The Balaban J connectivity index is 2.09. The first-order valence-corrected chi connectivity index (χ1v) is 7.65. The quantitative estimate of drug-likeness (QED) is 0.923. The topological polar surface area (TPSA) is 56.1 Å². The Morgan fingerprint density at radius 2 is 2.24 bits per heavy atom. The number of amides is 1. The van der Waals surface area contributed by atoms with Crippen LogP contribution in [0.1, 0.15) is 37.8 Å². The van der Waals surface area contributed by atoms with Crippen LogP contribution in [-0.2, 0) is 11.3 Å². The van der Waals surface area contributed by atoms with Gasteiger partial charge in [-0.1, -0.05) is 18.2 Å². The highest BCUT2D eigenvalue weighted by Crippen LogP contribution is 2.20. The van der Waals surface area contributed by atoms with Crippen molar-refractivity contribution in [1.82, 2.24) is 10.2 Å². The van der Waals surface area contributed by atoms with E-state index in [9.17, 15) is 4.79 Å². The number of carbonyl (C=O) groups is 1. The van der Waals surface area contributed by atoms with Gasteiger partial charge in [-0.2, -0.15) is 5.26 Å². The number of nitriles is 1. The Bertz CT molecular complexity index is 535. The van der Waals surface area contributed by atoms with Crippen LogP contribution in [0.15, 0.2) is 24.3 Å². The summed E-state index contributed by atoms with van der Waals surface area (Å²) in [6.07, 6.45) is 1.80. The van der Waals surface area contributed by atoms with Crippen molar-refractivity contribution in [3.8, 4) is 6.07 Å². The molecular weight excluding hydrogens is 262 g/mol. The van der Waals surface area contributed by atoms with Crippen LogP contribution in [0.5, 0.6) is 0 Å². The average Bonchev–Trinajstić information content (AvgIpc) is 2.52. The van der Waals surface area contributed by atoms with Crippen LogP contribution < -0.4 is 5.32 Å². The number of carbonyl (C=O) groups excluding carboxylic acids is 1. The summed E-state index contributed by atoms with van der Waals surface area (Å²) >= 11 is 0. The second kappa shape index (κ2) is 7.24. The van der Waals surface area contributed by atoms with Crippen molar-refractivity contribution in [2.24, 2.45) is 5.92 Å². The molecule has 0 aromatic heterocycles. The van der Waals surface area contributed by atoms with Crippen molar-refractivity contribution in [2.45, 2.75) is 39.3 Å². The molecule has 1 aromatic carbocycles. The smallest absolute Gasteiger partial charge is 0.226 e. The Morgan fingerprint density at radius 1 is 1.48 bits per heavy atom. The molecule has 1 fully saturated rings. The zero-order chi connectivity index (χ0) is 15.2. The molecule has 1 aliphatic heterocycles. The standard InChI is InChI=1S/C17H23N3O/c1-3-20(12-16-7-5-4-6-15(16)11-18)17(21)14-8-9-19-13(2)10-14/h4-7,13-14,19H,3,8-10,12H2,1-2H3. The van der Waals surface area contributed by atoms with E-state index in [1.54, 1.807) is 6.07 Å². The van der Waals surface area contributed by atoms with E-state index >= 15 is 0 Å². The minimum Gasteiger partial charge on any atom is -0.338 e. The molecule has 1 aliphatic rings. The zero-order valence-corrected chi connectivity index (χ0v) is 12.8. The van der Waals surface area contributed by atoms with Gasteiger partial charge in [-0.25, -0.2) is 0 Å². The lowest BCUT2D eigenvalue weighted by Gasteiger charge is -2.31. The maximum absolute atomic E-state index is 12.7. The van der Waals surface area contributed by atoms with Gasteiger partial charge in [0.05, 0.1) is 11.6 Å². The molecule has 1 aromatic rings. The molecule has 0 aliphatic carbocycles. The summed E-state index contributed by atoms with van der Waals surface area (Å²) in [7, 11) is 0. The van der Waals surface area contributed by atoms with Crippen LogP contribution in [-0.4, -0.2) is 29.9 Å². The molecule has 0 radical (unpaired) electrons. The second-order valence-corrected chi connectivity index (χ2v) is 5.70. The fourth-order valence-electron chi connectivity index (χ4n) is 2.93. The van der Waals surface area contributed by atoms with Gasteiger partial charge in [0, 0.05) is 25.0 Å². The van der Waals surface area contributed by atoms with Gasteiger partial charge in [0.25, 0.3) is 0 Å². The van der Waals surface area contributed by atoms with Crippen LogP contribution >= 0.6 is 0 Å².